The van der Waals surface area contributed by atoms with Crippen molar-refractivity contribution in [1.82, 2.24) is 0 Å². The van der Waals surface area contributed by atoms with Crippen molar-refractivity contribution in [1.29, 1.82) is 0 Å². The molecule has 2 rings (SSSR count). The van der Waals surface area contributed by atoms with E-state index in [0.717, 1.165) is 0 Å². The van der Waals surface area contributed by atoms with Gasteiger partial charge in [-0.15, -0.1) is 0 Å². The molecule has 92 valence electrons. The maximum atomic E-state index is 2.12. The Morgan fingerprint density at radius 1 is 0.588 bits per heavy atom. The molecule has 0 saturated carbocycles. The van der Waals surface area contributed by atoms with Gasteiger partial charge in [-0.1, -0.05) is 92.1 Å². The summed E-state index contributed by atoms with van der Waals surface area (Å²) in [6.45, 7) is 8.42. The maximum Gasteiger partial charge on any atom is -0.0398 e. The van der Waals surface area contributed by atoms with Crippen molar-refractivity contribution >= 4 is 0 Å². The fourth-order valence-corrected chi connectivity index (χ4v) is 1.07. The number of hydrogen-bond donors (Lipinski definition) is 0. The van der Waals surface area contributed by atoms with Gasteiger partial charge in [0.2, 0.25) is 0 Å². The third-order valence-corrected chi connectivity index (χ3v) is 1.88. The zero-order valence-electron chi connectivity index (χ0n) is 11.5. The molecule has 0 spiro atoms. The Balaban J connectivity index is 0.000000247. The molecule has 2 aromatic rings. The highest BCUT2D eigenvalue weighted by molar-refractivity contribution is 5.12. The Morgan fingerprint density at radius 2 is 0.824 bits per heavy atom. The lowest BCUT2D eigenvalue weighted by Crippen LogP contribution is -1.62. The van der Waals surface area contributed by atoms with Gasteiger partial charge in [-0.2, -0.15) is 0 Å². The van der Waals surface area contributed by atoms with Crippen LogP contribution in [0.2, 0.25) is 0 Å². The lowest BCUT2D eigenvalue weighted by atomic mass is 10.2. The topological polar surface area (TPSA) is 0 Å². The molecule has 0 radical (unpaired) electrons. The zero-order valence-corrected chi connectivity index (χ0v) is 11.5. The van der Waals surface area contributed by atoms with Crippen LogP contribution in [0, 0.1) is 13.8 Å². The molecule has 0 N–H and O–H groups in total. The van der Waals surface area contributed by atoms with E-state index in [1.165, 1.54) is 17.5 Å². The Labute approximate surface area is 106 Å². The van der Waals surface area contributed by atoms with E-state index in [0.29, 0.717) is 0 Å². The second-order valence-electron chi connectivity index (χ2n) is 4.02. The van der Waals surface area contributed by atoms with Gasteiger partial charge in [-0.3, -0.25) is 0 Å². The molecule has 17 heavy (non-hydrogen) atoms. The largest absolute Gasteiger partial charge is 0.0656 e. The second-order valence-corrected chi connectivity index (χ2v) is 4.02. The van der Waals surface area contributed by atoms with E-state index >= 15 is 0 Å². The summed E-state index contributed by atoms with van der Waals surface area (Å²) in [6.07, 6.45) is 1.25. The summed E-state index contributed by atoms with van der Waals surface area (Å²) < 4.78 is 0. The molecule has 0 unspecified atom stereocenters. The van der Waals surface area contributed by atoms with E-state index in [2.05, 4.69) is 52.0 Å². The fraction of sp³-hybridized carbons (Fsp3) is 0.294. The highest BCUT2D eigenvalue weighted by Crippen LogP contribution is 1.92. The molecular weight excluding hydrogens is 204 g/mol. The van der Waals surface area contributed by atoms with Crippen LogP contribution >= 0.6 is 0 Å². The Bertz CT molecular complexity index is 311. The quantitative estimate of drug-likeness (QED) is 0.566. The summed E-state index contributed by atoms with van der Waals surface area (Å²) in [4.78, 5) is 0. The van der Waals surface area contributed by atoms with Crippen LogP contribution in [0.3, 0.4) is 0 Å². The van der Waals surface area contributed by atoms with Crippen molar-refractivity contribution in [2.45, 2.75) is 34.1 Å². The smallest absolute Gasteiger partial charge is 0.0398 e. The molecule has 0 heterocycles. The Hall–Kier alpha value is -1.56. The van der Waals surface area contributed by atoms with Gasteiger partial charge in [0.25, 0.3) is 0 Å². The summed E-state index contributed by atoms with van der Waals surface area (Å²) in [5, 5.41) is 0. The molecule has 0 bridgehead atoms. The SMILES string of the molecule is CCC.Cc1ccccc1.Cc1ccccc1. The Kier molecular flexibility index (Phi) is 9.94. The standard InChI is InChI=1S/2C7H8.C3H8/c2*1-7-5-3-2-4-6-7;1-3-2/h2*2-6H,1H3;3H2,1-2H3. The van der Waals surface area contributed by atoms with Crippen LogP contribution < -0.4 is 0 Å². The highest BCUT2D eigenvalue weighted by Gasteiger charge is 1.72. The van der Waals surface area contributed by atoms with Gasteiger partial charge in [0.15, 0.2) is 0 Å². The zero-order chi connectivity index (χ0) is 12.9. The van der Waals surface area contributed by atoms with Gasteiger partial charge in [-0.25, -0.2) is 0 Å². The lowest BCUT2D eigenvalue weighted by molar-refractivity contribution is 1.09. The molecule has 0 aliphatic rings. The van der Waals surface area contributed by atoms with Crippen molar-refractivity contribution in [3.8, 4) is 0 Å². The minimum Gasteiger partial charge on any atom is -0.0656 e. The van der Waals surface area contributed by atoms with Gasteiger partial charge in [0.05, 0.1) is 0 Å². The molecule has 0 atom stereocenters. The van der Waals surface area contributed by atoms with Crippen LogP contribution in [-0.4, -0.2) is 0 Å². The van der Waals surface area contributed by atoms with Crippen LogP contribution in [0.15, 0.2) is 60.7 Å². The van der Waals surface area contributed by atoms with Gasteiger partial charge in [-0.05, 0) is 13.8 Å². The molecule has 0 aliphatic carbocycles. The first-order valence-electron chi connectivity index (χ1n) is 6.24. The van der Waals surface area contributed by atoms with Crippen LogP contribution in [0.1, 0.15) is 31.4 Å². The van der Waals surface area contributed by atoms with E-state index < -0.39 is 0 Å². The van der Waals surface area contributed by atoms with Gasteiger partial charge in [0.1, 0.15) is 0 Å². The van der Waals surface area contributed by atoms with Crippen LogP contribution in [0.4, 0.5) is 0 Å². The van der Waals surface area contributed by atoms with Gasteiger partial charge >= 0.3 is 0 Å². The van der Waals surface area contributed by atoms with Crippen molar-refractivity contribution in [2.75, 3.05) is 0 Å². The average Bonchev–Trinajstić information content (AvgIpc) is 2.33. The maximum absolute atomic E-state index is 2.12. The third kappa shape index (κ3) is 10.7. The minimum atomic E-state index is 1.25. The van der Waals surface area contributed by atoms with Gasteiger partial charge in [0, 0.05) is 0 Å². The molecule has 0 nitrogen and oxygen atoms in total. The number of benzene rings is 2. The van der Waals surface area contributed by atoms with Crippen LogP contribution in [0.5, 0.6) is 0 Å². The molecule has 0 aliphatic heterocycles. The number of rotatable bonds is 0. The predicted molar refractivity (Wildman–Crippen MR) is 78.3 cm³/mol. The van der Waals surface area contributed by atoms with Crippen LogP contribution in [-0.2, 0) is 0 Å². The molecule has 0 aromatic heterocycles. The number of aryl methyl sites for hydroxylation is 2. The van der Waals surface area contributed by atoms with E-state index in [-0.39, 0.29) is 0 Å². The predicted octanol–water partition coefficient (Wildman–Crippen LogP) is 5.41. The highest BCUT2D eigenvalue weighted by atomic mass is 13.8. The number of hydrogen-bond acceptors (Lipinski definition) is 0. The molecule has 0 fully saturated rings. The molecule has 2 aromatic carbocycles. The first kappa shape index (κ1) is 15.4. The molecule has 0 heteroatoms. The molecular formula is C17H24. The van der Waals surface area contributed by atoms with E-state index in [1.807, 2.05) is 36.4 Å². The minimum absolute atomic E-state index is 1.25. The Morgan fingerprint density at radius 3 is 0.941 bits per heavy atom. The van der Waals surface area contributed by atoms with Crippen molar-refractivity contribution in [3.63, 3.8) is 0 Å². The third-order valence-electron chi connectivity index (χ3n) is 1.88. The monoisotopic (exact) mass is 228 g/mol. The normalized spacial score (nSPS) is 8.24. The van der Waals surface area contributed by atoms with E-state index in [4.69, 9.17) is 0 Å². The summed E-state index contributed by atoms with van der Waals surface area (Å²) in [7, 11) is 0. The van der Waals surface area contributed by atoms with Crippen molar-refractivity contribution < 1.29 is 0 Å². The summed E-state index contributed by atoms with van der Waals surface area (Å²) >= 11 is 0. The summed E-state index contributed by atoms with van der Waals surface area (Å²) in [6, 6.07) is 20.5. The van der Waals surface area contributed by atoms with Gasteiger partial charge < -0.3 is 0 Å². The summed E-state index contributed by atoms with van der Waals surface area (Å²) in [5.74, 6) is 0. The van der Waals surface area contributed by atoms with E-state index in [1.54, 1.807) is 0 Å². The fourth-order valence-electron chi connectivity index (χ4n) is 1.07. The summed E-state index contributed by atoms with van der Waals surface area (Å²) in [5.41, 5.74) is 2.64. The van der Waals surface area contributed by atoms with Crippen LogP contribution in [0.25, 0.3) is 0 Å². The first-order chi connectivity index (χ1) is 8.20. The van der Waals surface area contributed by atoms with Crippen molar-refractivity contribution in [3.05, 3.63) is 71.8 Å². The van der Waals surface area contributed by atoms with Crippen molar-refractivity contribution in [2.24, 2.45) is 0 Å². The second kappa shape index (κ2) is 10.9. The molecule has 0 amide bonds. The average molecular weight is 228 g/mol. The lowest BCUT2D eigenvalue weighted by Gasteiger charge is -1.82. The molecule has 0 saturated heterocycles. The first-order valence-corrected chi connectivity index (χ1v) is 6.24. The van der Waals surface area contributed by atoms with E-state index in [9.17, 15) is 0 Å².